The van der Waals surface area contributed by atoms with Crippen LogP contribution in [0.5, 0.6) is 0 Å². The van der Waals surface area contributed by atoms with E-state index in [1.165, 1.54) is 19.3 Å². The Morgan fingerprint density at radius 3 is 2.65 bits per heavy atom. The Labute approximate surface area is 104 Å². The lowest BCUT2D eigenvalue weighted by molar-refractivity contribution is 0.301. The Balaban J connectivity index is 2.20. The van der Waals surface area contributed by atoms with Crippen molar-refractivity contribution in [3.05, 3.63) is 17.8 Å². The predicted molar refractivity (Wildman–Crippen MR) is 73.2 cm³/mol. The predicted octanol–water partition coefficient (Wildman–Crippen LogP) is 2.99. The number of pyridine rings is 1. The van der Waals surface area contributed by atoms with Gasteiger partial charge in [0.1, 0.15) is 0 Å². The van der Waals surface area contributed by atoms with Gasteiger partial charge in [-0.15, -0.1) is 0 Å². The zero-order valence-electron chi connectivity index (χ0n) is 11.2. The fraction of sp³-hybridized carbons (Fsp3) is 0.643. The zero-order valence-corrected chi connectivity index (χ0v) is 11.2. The number of nitrogens with zero attached hydrogens (tertiary/aromatic N) is 2. The van der Waals surface area contributed by atoms with Gasteiger partial charge in [-0.3, -0.25) is 0 Å². The summed E-state index contributed by atoms with van der Waals surface area (Å²) in [7, 11) is 0. The van der Waals surface area contributed by atoms with Gasteiger partial charge in [-0.1, -0.05) is 13.8 Å². The van der Waals surface area contributed by atoms with Gasteiger partial charge in [0.2, 0.25) is 0 Å². The molecule has 0 atom stereocenters. The van der Waals surface area contributed by atoms with Gasteiger partial charge in [0, 0.05) is 19.3 Å². The van der Waals surface area contributed by atoms with Crippen molar-refractivity contribution < 1.29 is 0 Å². The maximum absolute atomic E-state index is 6.07. The maximum Gasteiger partial charge on any atom is 0.151 e. The van der Waals surface area contributed by atoms with Crippen molar-refractivity contribution >= 4 is 11.5 Å². The fourth-order valence-corrected chi connectivity index (χ4v) is 2.79. The third-order valence-corrected chi connectivity index (χ3v) is 4.27. The molecule has 2 rings (SSSR count). The fourth-order valence-electron chi connectivity index (χ4n) is 2.79. The molecule has 94 valence electrons. The summed E-state index contributed by atoms with van der Waals surface area (Å²) in [6.07, 6.45) is 5.65. The molecule has 0 aromatic carbocycles. The third-order valence-electron chi connectivity index (χ3n) is 4.27. The monoisotopic (exact) mass is 233 g/mol. The normalized spacial score (nSPS) is 18.6. The zero-order chi connectivity index (χ0) is 12.5. The highest BCUT2D eigenvalue weighted by atomic mass is 15.2. The van der Waals surface area contributed by atoms with Crippen LogP contribution in [-0.4, -0.2) is 18.1 Å². The Morgan fingerprint density at radius 1 is 1.41 bits per heavy atom. The van der Waals surface area contributed by atoms with Crippen LogP contribution in [0.1, 0.15) is 38.7 Å². The van der Waals surface area contributed by atoms with Gasteiger partial charge in [0.25, 0.3) is 0 Å². The average Bonchev–Trinajstić information content (AvgIpc) is 2.74. The summed E-state index contributed by atoms with van der Waals surface area (Å²) >= 11 is 0. The molecule has 3 nitrogen and oxygen atoms in total. The first-order valence-corrected chi connectivity index (χ1v) is 6.57. The number of hydrogen-bond acceptors (Lipinski definition) is 3. The van der Waals surface area contributed by atoms with E-state index in [0.29, 0.717) is 5.41 Å². The number of rotatable bonds is 3. The molecule has 0 amide bonds. The summed E-state index contributed by atoms with van der Waals surface area (Å²) < 4.78 is 0. The molecule has 0 radical (unpaired) electrons. The topological polar surface area (TPSA) is 42.2 Å². The number of aromatic nitrogens is 1. The lowest BCUT2D eigenvalue weighted by Gasteiger charge is -2.27. The molecule has 1 saturated heterocycles. The average molecular weight is 233 g/mol. The quantitative estimate of drug-likeness (QED) is 0.872. The second kappa shape index (κ2) is 4.55. The van der Waals surface area contributed by atoms with E-state index in [9.17, 15) is 0 Å². The van der Waals surface area contributed by atoms with Gasteiger partial charge in [-0.25, -0.2) is 4.98 Å². The maximum atomic E-state index is 6.07. The van der Waals surface area contributed by atoms with Crippen LogP contribution in [0, 0.1) is 12.3 Å². The molecule has 2 N–H and O–H groups in total. The summed E-state index contributed by atoms with van der Waals surface area (Å²) in [4.78, 5) is 6.84. The Kier molecular flexibility index (Phi) is 3.27. The first kappa shape index (κ1) is 12.2. The number of hydrogen-bond donors (Lipinski definition) is 1. The Morgan fingerprint density at radius 2 is 2.12 bits per heavy atom. The minimum atomic E-state index is 0.471. The number of nitrogen functional groups attached to an aromatic ring is 1. The summed E-state index contributed by atoms with van der Waals surface area (Å²) in [5.41, 5.74) is 8.48. The van der Waals surface area contributed by atoms with Crippen LogP contribution >= 0.6 is 0 Å². The van der Waals surface area contributed by atoms with Gasteiger partial charge in [0.05, 0.1) is 5.69 Å². The van der Waals surface area contributed by atoms with Crippen molar-refractivity contribution in [1.29, 1.82) is 0 Å². The molecule has 3 heteroatoms. The summed E-state index contributed by atoms with van der Waals surface area (Å²) in [6.45, 7) is 8.79. The van der Waals surface area contributed by atoms with Crippen LogP contribution < -0.4 is 10.6 Å². The number of nitrogens with two attached hydrogens (primary N) is 1. The molecule has 1 aliphatic rings. The number of anilines is 2. The minimum absolute atomic E-state index is 0.471. The van der Waals surface area contributed by atoms with E-state index >= 15 is 0 Å². The van der Waals surface area contributed by atoms with Crippen molar-refractivity contribution in [2.45, 2.75) is 40.0 Å². The second-order valence-corrected chi connectivity index (χ2v) is 5.30. The van der Waals surface area contributed by atoms with E-state index in [0.717, 1.165) is 30.2 Å². The SMILES string of the molecule is CCC1(CC)CCN(c2ncc(C)cc2N)C1. The summed E-state index contributed by atoms with van der Waals surface area (Å²) in [5, 5.41) is 0. The Hall–Kier alpha value is -1.25. The van der Waals surface area contributed by atoms with Crippen molar-refractivity contribution in [3.63, 3.8) is 0 Å². The molecular weight excluding hydrogens is 210 g/mol. The van der Waals surface area contributed by atoms with E-state index in [1.807, 2.05) is 19.2 Å². The molecule has 0 bridgehead atoms. The van der Waals surface area contributed by atoms with E-state index in [4.69, 9.17) is 5.73 Å². The Bertz CT molecular complexity index is 396. The molecule has 0 saturated carbocycles. The number of aryl methyl sites for hydroxylation is 1. The van der Waals surface area contributed by atoms with Gasteiger partial charge >= 0.3 is 0 Å². The summed E-state index contributed by atoms with van der Waals surface area (Å²) in [5.74, 6) is 0.972. The summed E-state index contributed by atoms with van der Waals surface area (Å²) in [6, 6.07) is 2.01. The minimum Gasteiger partial charge on any atom is -0.396 e. The van der Waals surface area contributed by atoms with Crippen molar-refractivity contribution in [2.75, 3.05) is 23.7 Å². The van der Waals surface area contributed by atoms with Crippen molar-refractivity contribution in [2.24, 2.45) is 5.41 Å². The lowest BCUT2D eigenvalue weighted by Crippen LogP contribution is -2.27. The van der Waals surface area contributed by atoms with E-state index < -0.39 is 0 Å². The molecular formula is C14H23N3. The van der Waals surface area contributed by atoms with Crippen LogP contribution in [-0.2, 0) is 0 Å². The highest BCUT2D eigenvalue weighted by Crippen LogP contribution is 2.39. The molecule has 0 aliphatic carbocycles. The van der Waals surface area contributed by atoms with Crippen LogP contribution in [0.25, 0.3) is 0 Å². The van der Waals surface area contributed by atoms with Gasteiger partial charge in [-0.2, -0.15) is 0 Å². The van der Waals surface area contributed by atoms with Crippen molar-refractivity contribution in [1.82, 2.24) is 4.98 Å². The molecule has 0 unspecified atom stereocenters. The van der Waals surface area contributed by atoms with Crippen LogP contribution in [0.15, 0.2) is 12.3 Å². The van der Waals surface area contributed by atoms with Crippen LogP contribution in [0.4, 0.5) is 11.5 Å². The molecule has 1 aromatic heterocycles. The van der Waals surface area contributed by atoms with Crippen LogP contribution in [0.3, 0.4) is 0 Å². The molecule has 1 aromatic rings. The lowest BCUT2D eigenvalue weighted by atomic mass is 9.82. The first-order chi connectivity index (χ1) is 8.10. The smallest absolute Gasteiger partial charge is 0.151 e. The highest BCUT2D eigenvalue weighted by Gasteiger charge is 2.35. The highest BCUT2D eigenvalue weighted by molar-refractivity contribution is 5.63. The van der Waals surface area contributed by atoms with Crippen LogP contribution in [0.2, 0.25) is 0 Å². The van der Waals surface area contributed by atoms with Gasteiger partial charge < -0.3 is 10.6 Å². The van der Waals surface area contributed by atoms with Crippen molar-refractivity contribution in [3.8, 4) is 0 Å². The second-order valence-electron chi connectivity index (χ2n) is 5.30. The van der Waals surface area contributed by atoms with E-state index in [-0.39, 0.29) is 0 Å². The molecule has 0 spiro atoms. The molecule has 2 heterocycles. The van der Waals surface area contributed by atoms with Gasteiger partial charge in [-0.05, 0) is 43.2 Å². The molecule has 1 fully saturated rings. The third kappa shape index (κ3) is 2.24. The van der Waals surface area contributed by atoms with Gasteiger partial charge in [0.15, 0.2) is 5.82 Å². The molecule has 17 heavy (non-hydrogen) atoms. The van der Waals surface area contributed by atoms with E-state index in [2.05, 4.69) is 23.7 Å². The standard InChI is InChI=1S/C14H23N3/c1-4-14(5-2)6-7-17(10-14)13-12(15)8-11(3)9-16-13/h8-9H,4-7,10,15H2,1-3H3. The van der Waals surface area contributed by atoms with E-state index in [1.54, 1.807) is 0 Å². The largest absolute Gasteiger partial charge is 0.396 e. The first-order valence-electron chi connectivity index (χ1n) is 6.57. The molecule has 1 aliphatic heterocycles.